The number of hydrogen-bond donors (Lipinski definition) is 1. The maximum absolute atomic E-state index is 13.1. The zero-order valence-corrected chi connectivity index (χ0v) is 9.09. The molecule has 88 valence electrons. The molecule has 2 nitrogen and oxygen atoms in total. The van der Waals surface area contributed by atoms with Gasteiger partial charge in [0.15, 0.2) is 0 Å². The summed E-state index contributed by atoms with van der Waals surface area (Å²) >= 11 is 0. The van der Waals surface area contributed by atoms with Crippen molar-refractivity contribution in [2.45, 2.75) is 32.6 Å². The Kier molecular flexibility index (Phi) is 4.40. The summed E-state index contributed by atoms with van der Waals surface area (Å²) in [6.07, 6.45) is 1.74. The lowest BCUT2D eigenvalue weighted by Gasteiger charge is -2.04. The van der Waals surface area contributed by atoms with Gasteiger partial charge in [-0.25, -0.2) is 8.78 Å². The molecule has 1 aromatic rings. The average molecular weight is 228 g/mol. The number of aryl methyl sites for hydroxylation is 1. The zero-order valence-electron chi connectivity index (χ0n) is 9.09. The van der Waals surface area contributed by atoms with Crippen molar-refractivity contribution in [1.82, 2.24) is 0 Å². The van der Waals surface area contributed by atoms with Crippen LogP contribution < -0.4 is 0 Å². The smallest absolute Gasteiger partial charge is 0.303 e. The fourth-order valence-electron chi connectivity index (χ4n) is 1.45. The van der Waals surface area contributed by atoms with E-state index in [9.17, 15) is 13.6 Å². The van der Waals surface area contributed by atoms with Crippen LogP contribution in [0.3, 0.4) is 0 Å². The lowest BCUT2D eigenvalue weighted by Crippen LogP contribution is -1.97. The van der Waals surface area contributed by atoms with Gasteiger partial charge in [0, 0.05) is 12.0 Å². The molecule has 0 saturated carbocycles. The van der Waals surface area contributed by atoms with Gasteiger partial charge in [-0.3, -0.25) is 4.79 Å². The number of carboxylic acids is 1. The van der Waals surface area contributed by atoms with Crippen molar-refractivity contribution in [2.24, 2.45) is 0 Å². The predicted molar refractivity (Wildman–Crippen MR) is 56.3 cm³/mol. The van der Waals surface area contributed by atoms with Gasteiger partial charge >= 0.3 is 5.97 Å². The molecule has 0 bridgehead atoms. The van der Waals surface area contributed by atoms with Gasteiger partial charge in [0.2, 0.25) is 0 Å². The molecule has 0 spiro atoms. The molecule has 0 fully saturated rings. The molecule has 0 aliphatic carbocycles. The van der Waals surface area contributed by atoms with E-state index in [1.807, 2.05) is 0 Å². The summed E-state index contributed by atoms with van der Waals surface area (Å²) in [4.78, 5) is 10.2. The molecule has 0 radical (unpaired) electrons. The van der Waals surface area contributed by atoms with Crippen molar-refractivity contribution < 1.29 is 18.7 Å². The third-order valence-electron chi connectivity index (χ3n) is 2.45. The Morgan fingerprint density at radius 2 is 1.81 bits per heavy atom. The summed E-state index contributed by atoms with van der Waals surface area (Å²) in [5.74, 6) is -1.94. The third kappa shape index (κ3) is 3.61. The van der Waals surface area contributed by atoms with Crippen molar-refractivity contribution in [3.8, 4) is 0 Å². The first-order valence-corrected chi connectivity index (χ1v) is 5.17. The van der Waals surface area contributed by atoms with Gasteiger partial charge in [0.25, 0.3) is 0 Å². The van der Waals surface area contributed by atoms with Crippen LogP contribution in [0.25, 0.3) is 0 Å². The molecule has 16 heavy (non-hydrogen) atoms. The summed E-state index contributed by atoms with van der Waals surface area (Å²) < 4.78 is 26.3. The number of aliphatic carboxylic acids is 1. The molecule has 0 unspecified atom stereocenters. The number of hydrogen-bond acceptors (Lipinski definition) is 1. The summed E-state index contributed by atoms with van der Waals surface area (Å²) in [6, 6.07) is 2.61. The second kappa shape index (κ2) is 5.58. The molecule has 1 rings (SSSR count). The van der Waals surface area contributed by atoms with E-state index in [0.717, 1.165) is 0 Å². The Labute approximate surface area is 92.9 Å². The minimum Gasteiger partial charge on any atom is -0.481 e. The highest BCUT2D eigenvalue weighted by Gasteiger charge is 2.06. The monoisotopic (exact) mass is 228 g/mol. The maximum atomic E-state index is 13.1. The predicted octanol–water partition coefficient (Wildman–Crippen LogP) is 3.07. The summed E-state index contributed by atoms with van der Waals surface area (Å²) in [5, 5.41) is 8.42. The Bertz CT molecular complexity index is 366. The third-order valence-corrected chi connectivity index (χ3v) is 2.45. The minimum atomic E-state index is -0.846. The Balaban J connectivity index is 2.52. The molecule has 0 aliphatic heterocycles. The highest BCUT2D eigenvalue weighted by molar-refractivity contribution is 5.66. The molecule has 1 aromatic carbocycles. The van der Waals surface area contributed by atoms with Gasteiger partial charge in [-0.2, -0.15) is 0 Å². The standard InChI is InChI=1S/C12H14F2O2/c1-8-10(13)6-9(7-11(8)14)4-2-3-5-12(15)16/h6-7H,2-5H2,1H3,(H,15,16). The van der Waals surface area contributed by atoms with Crippen LogP contribution in [-0.4, -0.2) is 11.1 Å². The van der Waals surface area contributed by atoms with Crippen molar-refractivity contribution in [2.75, 3.05) is 0 Å². The van der Waals surface area contributed by atoms with Crippen LogP contribution in [-0.2, 0) is 11.2 Å². The van der Waals surface area contributed by atoms with Gasteiger partial charge in [-0.15, -0.1) is 0 Å². The molecule has 4 heteroatoms. The van der Waals surface area contributed by atoms with E-state index in [0.29, 0.717) is 24.8 Å². The van der Waals surface area contributed by atoms with Crippen molar-refractivity contribution in [3.05, 3.63) is 34.9 Å². The summed E-state index contributed by atoms with van der Waals surface area (Å²) in [6.45, 7) is 1.39. The molecule has 0 heterocycles. The number of unbranched alkanes of at least 4 members (excludes halogenated alkanes) is 1. The van der Waals surface area contributed by atoms with Crippen LogP contribution >= 0.6 is 0 Å². The number of carbonyl (C=O) groups is 1. The molecule has 0 aromatic heterocycles. The van der Waals surface area contributed by atoms with Gasteiger partial charge in [-0.05, 0) is 43.9 Å². The normalized spacial score (nSPS) is 10.4. The van der Waals surface area contributed by atoms with Crippen molar-refractivity contribution >= 4 is 5.97 Å². The van der Waals surface area contributed by atoms with E-state index >= 15 is 0 Å². The number of carboxylic acid groups (broad SMARTS) is 1. The fraction of sp³-hybridized carbons (Fsp3) is 0.417. The van der Waals surface area contributed by atoms with Gasteiger partial charge < -0.3 is 5.11 Å². The van der Waals surface area contributed by atoms with Crippen LogP contribution in [0.15, 0.2) is 12.1 Å². The van der Waals surface area contributed by atoms with Gasteiger partial charge in [0.05, 0.1) is 0 Å². The van der Waals surface area contributed by atoms with Crippen molar-refractivity contribution in [1.29, 1.82) is 0 Å². The molecule has 0 atom stereocenters. The molecule has 0 amide bonds. The molecule has 1 N–H and O–H groups in total. The van der Waals surface area contributed by atoms with Crippen LogP contribution in [0.1, 0.15) is 30.4 Å². The van der Waals surface area contributed by atoms with Gasteiger partial charge in [-0.1, -0.05) is 0 Å². The van der Waals surface area contributed by atoms with E-state index in [4.69, 9.17) is 5.11 Å². The van der Waals surface area contributed by atoms with E-state index in [-0.39, 0.29) is 12.0 Å². The van der Waals surface area contributed by atoms with Crippen LogP contribution in [0.5, 0.6) is 0 Å². The highest BCUT2D eigenvalue weighted by atomic mass is 19.1. The summed E-state index contributed by atoms with van der Waals surface area (Å²) in [7, 11) is 0. The second-order valence-electron chi connectivity index (χ2n) is 3.79. The first-order valence-electron chi connectivity index (χ1n) is 5.17. The molecule has 0 aliphatic rings. The number of halogens is 2. The Morgan fingerprint density at radius 1 is 1.25 bits per heavy atom. The van der Waals surface area contributed by atoms with Crippen LogP contribution in [0, 0.1) is 18.6 Å². The number of benzene rings is 1. The Hall–Kier alpha value is -1.45. The molecular formula is C12H14F2O2. The quantitative estimate of drug-likeness (QED) is 0.786. The Morgan fingerprint density at radius 3 is 2.31 bits per heavy atom. The first-order chi connectivity index (χ1) is 7.50. The summed E-state index contributed by atoms with van der Waals surface area (Å²) in [5.41, 5.74) is 0.597. The topological polar surface area (TPSA) is 37.3 Å². The molecule has 0 saturated heterocycles. The van der Waals surface area contributed by atoms with Crippen LogP contribution in [0.2, 0.25) is 0 Å². The minimum absolute atomic E-state index is 0.0225. The van der Waals surface area contributed by atoms with Crippen LogP contribution in [0.4, 0.5) is 8.78 Å². The number of rotatable bonds is 5. The van der Waals surface area contributed by atoms with Crippen molar-refractivity contribution in [3.63, 3.8) is 0 Å². The maximum Gasteiger partial charge on any atom is 0.303 e. The fourth-order valence-corrected chi connectivity index (χ4v) is 1.45. The first kappa shape index (κ1) is 12.6. The van der Waals surface area contributed by atoms with Gasteiger partial charge in [0.1, 0.15) is 11.6 Å². The van der Waals surface area contributed by atoms with E-state index in [2.05, 4.69) is 0 Å². The largest absolute Gasteiger partial charge is 0.481 e. The second-order valence-corrected chi connectivity index (χ2v) is 3.79. The zero-order chi connectivity index (χ0) is 12.1. The average Bonchev–Trinajstić information content (AvgIpc) is 2.20. The molecular weight excluding hydrogens is 214 g/mol. The lowest BCUT2D eigenvalue weighted by molar-refractivity contribution is -0.137. The van der Waals surface area contributed by atoms with E-state index < -0.39 is 17.6 Å². The van der Waals surface area contributed by atoms with E-state index in [1.165, 1.54) is 19.1 Å². The lowest BCUT2D eigenvalue weighted by atomic mass is 10.0. The highest BCUT2D eigenvalue weighted by Crippen LogP contribution is 2.16. The SMILES string of the molecule is Cc1c(F)cc(CCCCC(=O)O)cc1F. The van der Waals surface area contributed by atoms with E-state index in [1.54, 1.807) is 0 Å².